The number of halogens is 1. The predicted octanol–water partition coefficient (Wildman–Crippen LogP) is 0.710. The first-order chi connectivity index (χ1) is 6.81. The highest BCUT2D eigenvalue weighted by Gasteiger charge is 2.05. The minimum Gasteiger partial charge on any atom is -0.292 e. The van der Waals surface area contributed by atoms with E-state index >= 15 is 0 Å². The predicted molar refractivity (Wildman–Crippen MR) is 54.7 cm³/mol. The van der Waals surface area contributed by atoms with Crippen molar-refractivity contribution in [3.8, 4) is 5.82 Å². The molecular formula is C7H7BrN6. The fourth-order valence-corrected chi connectivity index (χ4v) is 1.39. The summed E-state index contributed by atoms with van der Waals surface area (Å²) in [7, 11) is 0. The van der Waals surface area contributed by atoms with Crippen LogP contribution in [0.25, 0.3) is 5.82 Å². The van der Waals surface area contributed by atoms with Gasteiger partial charge in [0.1, 0.15) is 6.33 Å². The molecule has 2 rings (SSSR count). The molecule has 0 bridgehead atoms. The third-order valence-corrected chi connectivity index (χ3v) is 2.16. The molecule has 0 aromatic carbocycles. The molecule has 0 aliphatic carbocycles. The molecular weight excluding hydrogens is 248 g/mol. The maximum Gasteiger partial charge on any atom is 0.239 e. The van der Waals surface area contributed by atoms with E-state index in [2.05, 4.69) is 36.3 Å². The van der Waals surface area contributed by atoms with Gasteiger partial charge < -0.3 is 0 Å². The van der Waals surface area contributed by atoms with Gasteiger partial charge in [-0.2, -0.15) is 4.98 Å². The molecule has 72 valence electrons. The Bertz CT molecular complexity index is 426. The molecule has 0 atom stereocenters. The van der Waals surface area contributed by atoms with Crippen molar-refractivity contribution in [1.29, 1.82) is 0 Å². The molecule has 3 N–H and O–H groups in total. The van der Waals surface area contributed by atoms with Crippen molar-refractivity contribution >= 4 is 21.9 Å². The van der Waals surface area contributed by atoms with Gasteiger partial charge in [-0.15, -0.1) is 0 Å². The Kier molecular flexibility index (Phi) is 2.42. The van der Waals surface area contributed by atoms with Crippen LogP contribution in [0, 0.1) is 0 Å². The van der Waals surface area contributed by atoms with Crippen LogP contribution in [0.5, 0.6) is 0 Å². The fourth-order valence-electron chi connectivity index (χ4n) is 0.993. The number of hydrogen-bond donors (Lipinski definition) is 2. The zero-order chi connectivity index (χ0) is 9.97. The van der Waals surface area contributed by atoms with Gasteiger partial charge in [0, 0.05) is 18.6 Å². The Morgan fingerprint density at radius 2 is 2.36 bits per heavy atom. The highest BCUT2D eigenvalue weighted by atomic mass is 79.9. The van der Waals surface area contributed by atoms with Gasteiger partial charge >= 0.3 is 0 Å². The largest absolute Gasteiger partial charge is 0.292 e. The lowest BCUT2D eigenvalue weighted by Gasteiger charge is -2.05. The number of nitrogens with zero attached hydrogens (tertiary/aromatic N) is 4. The average Bonchev–Trinajstić information content (AvgIpc) is 2.71. The zero-order valence-corrected chi connectivity index (χ0v) is 8.64. The quantitative estimate of drug-likeness (QED) is 0.610. The summed E-state index contributed by atoms with van der Waals surface area (Å²) >= 11 is 3.34. The second-order valence-electron chi connectivity index (χ2n) is 2.48. The summed E-state index contributed by atoms with van der Waals surface area (Å²) in [6.45, 7) is 0. The summed E-state index contributed by atoms with van der Waals surface area (Å²) in [6, 6.07) is 0. The van der Waals surface area contributed by atoms with E-state index in [0.29, 0.717) is 11.8 Å². The molecule has 0 saturated carbocycles. The van der Waals surface area contributed by atoms with Crippen molar-refractivity contribution < 1.29 is 0 Å². The first kappa shape index (κ1) is 9.10. The standard InChI is InChI=1S/C7H7BrN6/c8-5-3-11-7(13-9)12-6(5)14-2-1-10-4-14/h1-4H,9H2,(H,11,12,13). The number of rotatable bonds is 2. The lowest BCUT2D eigenvalue weighted by Crippen LogP contribution is -2.11. The molecule has 7 heteroatoms. The molecule has 2 aromatic heterocycles. The third-order valence-electron chi connectivity index (χ3n) is 1.60. The smallest absolute Gasteiger partial charge is 0.239 e. The Balaban J connectivity index is 2.51. The molecule has 2 aromatic rings. The van der Waals surface area contributed by atoms with Crippen LogP contribution in [0.15, 0.2) is 29.4 Å². The van der Waals surface area contributed by atoms with Gasteiger partial charge in [0.2, 0.25) is 5.95 Å². The van der Waals surface area contributed by atoms with Crippen LogP contribution < -0.4 is 11.3 Å². The highest BCUT2D eigenvalue weighted by molar-refractivity contribution is 9.10. The van der Waals surface area contributed by atoms with Gasteiger partial charge in [-0.05, 0) is 15.9 Å². The van der Waals surface area contributed by atoms with Crippen LogP contribution in [0.4, 0.5) is 5.95 Å². The molecule has 2 heterocycles. The van der Waals surface area contributed by atoms with Gasteiger partial charge in [-0.25, -0.2) is 15.8 Å². The first-order valence-corrected chi connectivity index (χ1v) is 4.58. The normalized spacial score (nSPS) is 10.1. The number of imidazole rings is 1. The fraction of sp³-hybridized carbons (Fsp3) is 0. The number of hydrogen-bond acceptors (Lipinski definition) is 5. The molecule has 0 aliphatic rings. The van der Waals surface area contributed by atoms with Gasteiger partial charge in [-0.3, -0.25) is 9.99 Å². The molecule has 0 spiro atoms. The van der Waals surface area contributed by atoms with E-state index in [4.69, 9.17) is 5.84 Å². The van der Waals surface area contributed by atoms with E-state index in [0.717, 1.165) is 4.47 Å². The van der Waals surface area contributed by atoms with Crippen LogP contribution in [0.3, 0.4) is 0 Å². The zero-order valence-electron chi connectivity index (χ0n) is 7.05. The molecule has 0 unspecified atom stereocenters. The third kappa shape index (κ3) is 1.59. The highest BCUT2D eigenvalue weighted by Crippen LogP contribution is 2.18. The van der Waals surface area contributed by atoms with Crippen molar-refractivity contribution in [2.75, 3.05) is 5.43 Å². The van der Waals surface area contributed by atoms with E-state index < -0.39 is 0 Å². The van der Waals surface area contributed by atoms with E-state index in [1.54, 1.807) is 29.5 Å². The van der Waals surface area contributed by atoms with Gasteiger partial charge in [0.15, 0.2) is 5.82 Å². The Labute approximate surface area is 88.3 Å². The van der Waals surface area contributed by atoms with Crippen LogP contribution >= 0.6 is 15.9 Å². The maximum absolute atomic E-state index is 5.21. The molecule has 0 fully saturated rings. The number of anilines is 1. The van der Waals surface area contributed by atoms with Crippen LogP contribution in [0.1, 0.15) is 0 Å². The summed E-state index contributed by atoms with van der Waals surface area (Å²) in [6.07, 6.45) is 6.72. The van der Waals surface area contributed by atoms with Gasteiger partial charge in [0.05, 0.1) is 4.47 Å². The summed E-state index contributed by atoms with van der Waals surface area (Å²) in [5.74, 6) is 6.25. The van der Waals surface area contributed by atoms with Crippen molar-refractivity contribution in [2.45, 2.75) is 0 Å². The first-order valence-electron chi connectivity index (χ1n) is 3.79. The second kappa shape index (κ2) is 3.72. The van der Waals surface area contributed by atoms with Gasteiger partial charge in [0.25, 0.3) is 0 Å². The summed E-state index contributed by atoms with van der Waals surface area (Å²) in [5.41, 5.74) is 2.38. The minimum atomic E-state index is 0.358. The molecule has 0 aliphatic heterocycles. The summed E-state index contributed by atoms with van der Waals surface area (Å²) in [5, 5.41) is 0. The van der Waals surface area contributed by atoms with Crippen LogP contribution in [-0.4, -0.2) is 19.5 Å². The number of hydrazine groups is 1. The van der Waals surface area contributed by atoms with Crippen molar-refractivity contribution in [2.24, 2.45) is 5.84 Å². The Morgan fingerprint density at radius 1 is 1.50 bits per heavy atom. The molecule has 0 saturated heterocycles. The Hall–Kier alpha value is -1.47. The lowest BCUT2D eigenvalue weighted by atomic mass is 10.5. The maximum atomic E-state index is 5.21. The summed E-state index contributed by atoms with van der Waals surface area (Å²) in [4.78, 5) is 12.0. The number of nitrogen functional groups attached to an aromatic ring is 1. The number of nitrogens with two attached hydrogens (primary N) is 1. The monoisotopic (exact) mass is 254 g/mol. The SMILES string of the molecule is NNc1ncc(Br)c(-n2ccnc2)n1. The topological polar surface area (TPSA) is 81.6 Å². The molecule has 14 heavy (non-hydrogen) atoms. The van der Waals surface area contributed by atoms with E-state index in [-0.39, 0.29) is 0 Å². The van der Waals surface area contributed by atoms with E-state index in [9.17, 15) is 0 Å². The van der Waals surface area contributed by atoms with Crippen molar-refractivity contribution in [3.05, 3.63) is 29.4 Å². The van der Waals surface area contributed by atoms with Crippen LogP contribution in [0.2, 0.25) is 0 Å². The summed E-state index contributed by atoms with van der Waals surface area (Å²) < 4.78 is 2.53. The lowest BCUT2D eigenvalue weighted by molar-refractivity contribution is 0.957. The molecule has 6 nitrogen and oxygen atoms in total. The van der Waals surface area contributed by atoms with E-state index in [1.807, 2.05) is 0 Å². The van der Waals surface area contributed by atoms with Crippen molar-refractivity contribution in [1.82, 2.24) is 19.5 Å². The van der Waals surface area contributed by atoms with E-state index in [1.165, 1.54) is 0 Å². The van der Waals surface area contributed by atoms with Crippen LogP contribution in [-0.2, 0) is 0 Å². The number of nitrogens with one attached hydrogen (secondary N) is 1. The Morgan fingerprint density at radius 3 is 3.00 bits per heavy atom. The minimum absolute atomic E-state index is 0.358. The van der Waals surface area contributed by atoms with Gasteiger partial charge in [-0.1, -0.05) is 0 Å². The van der Waals surface area contributed by atoms with Crippen molar-refractivity contribution in [3.63, 3.8) is 0 Å². The molecule has 0 radical (unpaired) electrons. The number of aromatic nitrogens is 4. The average molecular weight is 255 g/mol. The molecule has 0 amide bonds. The second-order valence-corrected chi connectivity index (χ2v) is 3.33.